The molecule has 1 heterocycles. The van der Waals surface area contributed by atoms with E-state index in [9.17, 15) is 0 Å². The number of hydrogen-bond donors (Lipinski definition) is 1. The quantitative estimate of drug-likeness (QED) is 0.803. The van der Waals surface area contributed by atoms with Crippen molar-refractivity contribution in [1.82, 2.24) is 9.97 Å². The predicted molar refractivity (Wildman–Crippen MR) is 64.3 cm³/mol. The monoisotopic (exact) mass is 208 g/mol. The average Bonchev–Trinajstić information content (AvgIpc) is 2.25. The summed E-state index contributed by atoms with van der Waals surface area (Å²) in [5, 5.41) is 2.95. The van der Waals surface area contributed by atoms with Gasteiger partial charge in [-0.15, -0.1) is 0 Å². The Morgan fingerprint density at radius 1 is 1.47 bits per heavy atom. The third-order valence-corrected chi connectivity index (χ3v) is 2.16. The molecule has 0 aliphatic rings. The van der Waals surface area contributed by atoms with E-state index >= 15 is 0 Å². The molecule has 0 saturated carbocycles. The highest BCUT2D eigenvalue weighted by Gasteiger charge is 2.08. The molecule has 0 aromatic carbocycles. The maximum atomic E-state index is 4.42. The molecule has 15 heavy (non-hydrogen) atoms. The van der Waals surface area contributed by atoms with Crippen LogP contribution in [0.5, 0.6) is 0 Å². The van der Waals surface area contributed by atoms with Crippen LogP contribution in [0.2, 0.25) is 0 Å². The molecular weight excluding hydrogens is 188 g/mol. The standard InChI is InChI=1S/C11H20N4/c1-5-15(8-9(2)3)10-6-7-13-11(12-4)14-10/h6-7,9H,5,8H2,1-4H3,(H,12,13,14). The number of anilines is 2. The predicted octanol–water partition coefficient (Wildman–Crippen LogP) is 2.00. The molecule has 1 aromatic heterocycles. The topological polar surface area (TPSA) is 41.1 Å². The molecule has 4 nitrogen and oxygen atoms in total. The smallest absolute Gasteiger partial charge is 0.224 e. The van der Waals surface area contributed by atoms with Crippen LogP contribution in [0.3, 0.4) is 0 Å². The lowest BCUT2D eigenvalue weighted by atomic mass is 10.2. The zero-order valence-electron chi connectivity index (χ0n) is 9.99. The van der Waals surface area contributed by atoms with Gasteiger partial charge in [0.15, 0.2) is 0 Å². The first-order valence-electron chi connectivity index (χ1n) is 5.43. The van der Waals surface area contributed by atoms with Gasteiger partial charge in [-0.3, -0.25) is 0 Å². The van der Waals surface area contributed by atoms with Gasteiger partial charge in [-0.05, 0) is 18.9 Å². The molecule has 0 amide bonds. The van der Waals surface area contributed by atoms with Crippen LogP contribution in [0.1, 0.15) is 20.8 Å². The van der Waals surface area contributed by atoms with Crippen molar-refractivity contribution in [3.05, 3.63) is 12.3 Å². The van der Waals surface area contributed by atoms with Crippen molar-refractivity contribution in [2.45, 2.75) is 20.8 Å². The van der Waals surface area contributed by atoms with Gasteiger partial charge >= 0.3 is 0 Å². The molecular formula is C11H20N4. The van der Waals surface area contributed by atoms with Crippen LogP contribution >= 0.6 is 0 Å². The highest BCUT2D eigenvalue weighted by atomic mass is 15.2. The van der Waals surface area contributed by atoms with Crippen LogP contribution in [-0.4, -0.2) is 30.1 Å². The Morgan fingerprint density at radius 2 is 2.20 bits per heavy atom. The maximum absolute atomic E-state index is 4.42. The van der Waals surface area contributed by atoms with E-state index < -0.39 is 0 Å². The third-order valence-electron chi connectivity index (χ3n) is 2.16. The van der Waals surface area contributed by atoms with Crippen molar-refractivity contribution in [3.63, 3.8) is 0 Å². The number of nitrogens with one attached hydrogen (secondary N) is 1. The third kappa shape index (κ3) is 3.38. The Balaban J connectivity index is 2.81. The maximum Gasteiger partial charge on any atom is 0.224 e. The van der Waals surface area contributed by atoms with E-state index in [1.807, 2.05) is 13.1 Å². The van der Waals surface area contributed by atoms with Gasteiger partial charge in [0.25, 0.3) is 0 Å². The molecule has 4 heteroatoms. The Labute approximate surface area is 91.7 Å². The van der Waals surface area contributed by atoms with Gasteiger partial charge in [0, 0.05) is 26.3 Å². The molecule has 0 fully saturated rings. The number of hydrogen-bond acceptors (Lipinski definition) is 4. The fraction of sp³-hybridized carbons (Fsp3) is 0.636. The Kier molecular flexibility index (Phi) is 4.34. The fourth-order valence-electron chi connectivity index (χ4n) is 1.47. The molecule has 0 spiro atoms. The van der Waals surface area contributed by atoms with Crippen molar-refractivity contribution >= 4 is 11.8 Å². The second kappa shape index (κ2) is 5.53. The van der Waals surface area contributed by atoms with Gasteiger partial charge in [0.05, 0.1) is 0 Å². The second-order valence-corrected chi connectivity index (χ2v) is 3.92. The van der Waals surface area contributed by atoms with Gasteiger partial charge in [0.2, 0.25) is 5.95 Å². The summed E-state index contributed by atoms with van der Waals surface area (Å²) in [5.74, 6) is 2.30. The van der Waals surface area contributed by atoms with Crippen LogP contribution in [0.15, 0.2) is 12.3 Å². The van der Waals surface area contributed by atoms with E-state index in [0.29, 0.717) is 11.9 Å². The Morgan fingerprint density at radius 3 is 2.73 bits per heavy atom. The van der Waals surface area contributed by atoms with Gasteiger partial charge in [-0.2, -0.15) is 4.98 Å². The first-order chi connectivity index (χ1) is 7.17. The molecule has 1 aromatic rings. The molecule has 0 saturated heterocycles. The van der Waals surface area contributed by atoms with E-state index in [1.165, 1.54) is 0 Å². The molecule has 0 aliphatic carbocycles. The zero-order valence-corrected chi connectivity index (χ0v) is 9.99. The summed E-state index contributed by atoms with van der Waals surface area (Å²) >= 11 is 0. The lowest BCUT2D eigenvalue weighted by Crippen LogP contribution is -2.28. The highest BCUT2D eigenvalue weighted by molar-refractivity contribution is 5.42. The minimum absolute atomic E-state index is 0.637. The van der Waals surface area contributed by atoms with Gasteiger partial charge in [-0.25, -0.2) is 4.98 Å². The second-order valence-electron chi connectivity index (χ2n) is 3.92. The number of aromatic nitrogens is 2. The van der Waals surface area contributed by atoms with Crippen LogP contribution in [0, 0.1) is 5.92 Å². The normalized spacial score (nSPS) is 10.5. The van der Waals surface area contributed by atoms with Crippen LogP contribution in [0.4, 0.5) is 11.8 Å². The van der Waals surface area contributed by atoms with Crippen molar-refractivity contribution in [1.29, 1.82) is 0 Å². The molecule has 1 N–H and O–H groups in total. The van der Waals surface area contributed by atoms with E-state index in [2.05, 4.69) is 41.0 Å². The van der Waals surface area contributed by atoms with Gasteiger partial charge in [-0.1, -0.05) is 13.8 Å². The highest BCUT2D eigenvalue weighted by Crippen LogP contribution is 2.13. The summed E-state index contributed by atoms with van der Waals surface area (Å²) in [6.45, 7) is 8.56. The lowest BCUT2D eigenvalue weighted by Gasteiger charge is -2.23. The SMILES string of the molecule is CCN(CC(C)C)c1ccnc(NC)n1. The molecule has 0 unspecified atom stereocenters. The molecule has 84 valence electrons. The van der Waals surface area contributed by atoms with E-state index in [-0.39, 0.29) is 0 Å². The average molecular weight is 208 g/mol. The molecule has 0 bridgehead atoms. The fourth-order valence-corrected chi connectivity index (χ4v) is 1.47. The summed E-state index contributed by atoms with van der Waals surface area (Å²) in [5.41, 5.74) is 0. The van der Waals surface area contributed by atoms with Crippen LogP contribution < -0.4 is 10.2 Å². The first kappa shape index (κ1) is 11.8. The lowest BCUT2D eigenvalue weighted by molar-refractivity contribution is 0.614. The minimum atomic E-state index is 0.637. The molecule has 0 aliphatic heterocycles. The summed E-state index contributed by atoms with van der Waals surface area (Å²) in [6, 6.07) is 1.95. The summed E-state index contributed by atoms with van der Waals surface area (Å²) < 4.78 is 0. The van der Waals surface area contributed by atoms with Crippen LogP contribution in [-0.2, 0) is 0 Å². The number of nitrogens with zero attached hydrogens (tertiary/aromatic N) is 3. The zero-order chi connectivity index (χ0) is 11.3. The van der Waals surface area contributed by atoms with E-state index in [0.717, 1.165) is 18.9 Å². The van der Waals surface area contributed by atoms with Crippen LogP contribution in [0.25, 0.3) is 0 Å². The number of rotatable bonds is 5. The Hall–Kier alpha value is -1.32. The van der Waals surface area contributed by atoms with Gasteiger partial charge < -0.3 is 10.2 Å². The van der Waals surface area contributed by atoms with Crippen molar-refractivity contribution in [3.8, 4) is 0 Å². The Bertz CT molecular complexity index is 298. The molecule has 1 rings (SSSR count). The van der Waals surface area contributed by atoms with E-state index in [1.54, 1.807) is 6.20 Å². The molecule has 0 radical (unpaired) electrons. The van der Waals surface area contributed by atoms with Crippen molar-refractivity contribution in [2.24, 2.45) is 5.92 Å². The summed E-state index contributed by atoms with van der Waals surface area (Å²) in [4.78, 5) is 10.8. The summed E-state index contributed by atoms with van der Waals surface area (Å²) in [7, 11) is 1.83. The summed E-state index contributed by atoms with van der Waals surface area (Å²) in [6.07, 6.45) is 1.79. The van der Waals surface area contributed by atoms with Crippen molar-refractivity contribution in [2.75, 3.05) is 30.4 Å². The van der Waals surface area contributed by atoms with E-state index in [4.69, 9.17) is 0 Å². The first-order valence-corrected chi connectivity index (χ1v) is 5.43. The molecule has 0 atom stereocenters. The van der Waals surface area contributed by atoms with Crippen molar-refractivity contribution < 1.29 is 0 Å². The minimum Gasteiger partial charge on any atom is -0.357 e. The van der Waals surface area contributed by atoms with Gasteiger partial charge in [0.1, 0.15) is 5.82 Å². The largest absolute Gasteiger partial charge is 0.357 e.